The zero-order chi connectivity index (χ0) is 20.7. The Labute approximate surface area is 174 Å². The van der Waals surface area contributed by atoms with Crippen LogP contribution in [0.1, 0.15) is 38.7 Å². The lowest BCUT2D eigenvalue weighted by Gasteiger charge is -2.24. The van der Waals surface area contributed by atoms with Crippen LogP contribution in [-0.4, -0.2) is 24.7 Å². The number of hydrogen-bond donors (Lipinski definition) is 1. The van der Waals surface area contributed by atoms with Gasteiger partial charge in [0.15, 0.2) is 0 Å². The van der Waals surface area contributed by atoms with Gasteiger partial charge in [-0.25, -0.2) is 4.98 Å². The Morgan fingerprint density at radius 3 is 2.72 bits per heavy atom. The second-order valence-electron chi connectivity index (χ2n) is 6.61. The van der Waals surface area contributed by atoms with Crippen LogP contribution in [0.5, 0.6) is 5.75 Å². The van der Waals surface area contributed by atoms with Crippen molar-refractivity contribution in [3.8, 4) is 5.75 Å². The number of ether oxygens (including phenoxy) is 2. The van der Waals surface area contributed by atoms with Crippen molar-refractivity contribution in [2.45, 2.75) is 39.7 Å². The van der Waals surface area contributed by atoms with Crippen LogP contribution in [0.25, 0.3) is 0 Å². The topological polar surface area (TPSA) is 60.6 Å². The van der Waals surface area contributed by atoms with E-state index >= 15 is 0 Å². The fourth-order valence-electron chi connectivity index (χ4n) is 2.76. The molecule has 0 unspecified atom stereocenters. The van der Waals surface area contributed by atoms with Crippen LogP contribution in [0.2, 0.25) is 0 Å². The van der Waals surface area contributed by atoms with Gasteiger partial charge in [0, 0.05) is 32.0 Å². The number of aromatic nitrogens is 1. The molecule has 0 spiro atoms. The van der Waals surface area contributed by atoms with Gasteiger partial charge in [-0.2, -0.15) is 0 Å². The fourth-order valence-corrected chi connectivity index (χ4v) is 2.76. The van der Waals surface area contributed by atoms with Crippen LogP contribution >= 0.6 is 0 Å². The SMILES string of the molecule is CC/C=C\C=C(/N)N(CCCCOCC)c1cc(OCc2ccccc2)ccn1. The molecule has 156 valence electrons. The van der Waals surface area contributed by atoms with Crippen LogP contribution in [-0.2, 0) is 11.3 Å². The first-order valence-corrected chi connectivity index (χ1v) is 10.3. The van der Waals surface area contributed by atoms with E-state index in [0.29, 0.717) is 12.4 Å². The van der Waals surface area contributed by atoms with E-state index in [-0.39, 0.29) is 0 Å². The Kier molecular flexibility index (Phi) is 10.4. The smallest absolute Gasteiger partial charge is 0.137 e. The predicted octanol–water partition coefficient (Wildman–Crippen LogP) is 5.05. The molecule has 0 saturated heterocycles. The minimum Gasteiger partial charge on any atom is -0.489 e. The molecule has 0 bridgehead atoms. The van der Waals surface area contributed by atoms with Crippen LogP contribution in [0, 0.1) is 0 Å². The first-order chi connectivity index (χ1) is 14.2. The van der Waals surface area contributed by atoms with Crippen molar-refractivity contribution in [3.05, 3.63) is 78.3 Å². The summed E-state index contributed by atoms with van der Waals surface area (Å²) in [5.41, 5.74) is 7.50. The fraction of sp³-hybridized carbons (Fsp3) is 0.375. The maximum absolute atomic E-state index is 6.37. The van der Waals surface area contributed by atoms with Gasteiger partial charge in [-0.05, 0) is 43.9 Å². The summed E-state index contributed by atoms with van der Waals surface area (Å²) < 4.78 is 11.4. The van der Waals surface area contributed by atoms with Gasteiger partial charge < -0.3 is 20.1 Å². The van der Waals surface area contributed by atoms with E-state index in [4.69, 9.17) is 15.2 Å². The van der Waals surface area contributed by atoms with Crippen molar-refractivity contribution in [2.24, 2.45) is 5.73 Å². The molecule has 2 N–H and O–H groups in total. The summed E-state index contributed by atoms with van der Waals surface area (Å²) in [6.07, 6.45) is 10.7. The van der Waals surface area contributed by atoms with Gasteiger partial charge in [0.2, 0.25) is 0 Å². The molecule has 29 heavy (non-hydrogen) atoms. The van der Waals surface area contributed by atoms with E-state index < -0.39 is 0 Å². The minimum absolute atomic E-state index is 0.517. The maximum atomic E-state index is 6.37. The summed E-state index contributed by atoms with van der Waals surface area (Å²) in [5.74, 6) is 2.22. The van der Waals surface area contributed by atoms with E-state index in [2.05, 4.69) is 18.0 Å². The number of nitrogens with two attached hydrogens (primary N) is 1. The van der Waals surface area contributed by atoms with Crippen LogP contribution in [0.15, 0.2) is 72.7 Å². The Balaban J connectivity index is 2.09. The molecule has 2 rings (SSSR count). The molecule has 0 saturated carbocycles. The molecular weight excluding hydrogens is 362 g/mol. The number of unbranched alkanes of at least 4 members (excludes halogenated alkanes) is 1. The average Bonchev–Trinajstić information content (AvgIpc) is 2.76. The molecule has 5 nitrogen and oxygen atoms in total. The summed E-state index contributed by atoms with van der Waals surface area (Å²) in [7, 11) is 0. The Bertz CT molecular complexity index is 760. The molecule has 0 atom stereocenters. The maximum Gasteiger partial charge on any atom is 0.137 e. The third kappa shape index (κ3) is 8.40. The van der Waals surface area contributed by atoms with E-state index in [1.165, 1.54) is 0 Å². The number of anilines is 1. The van der Waals surface area contributed by atoms with E-state index in [1.54, 1.807) is 6.20 Å². The Morgan fingerprint density at radius 2 is 1.97 bits per heavy atom. The highest BCUT2D eigenvalue weighted by molar-refractivity contribution is 5.49. The molecule has 0 aliphatic carbocycles. The minimum atomic E-state index is 0.517. The number of benzene rings is 1. The highest BCUT2D eigenvalue weighted by Gasteiger charge is 2.11. The van der Waals surface area contributed by atoms with Crippen molar-refractivity contribution in [1.82, 2.24) is 4.98 Å². The van der Waals surface area contributed by atoms with Crippen LogP contribution < -0.4 is 15.4 Å². The van der Waals surface area contributed by atoms with Gasteiger partial charge in [0.25, 0.3) is 0 Å². The van der Waals surface area contributed by atoms with E-state index in [0.717, 1.165) is 56.2 Å². The number of nitrogens with zero attached hydrogens (tertiary/aromatic N) is 2. The molecule has 2 aromatic rings. The summed E-state index contributed by atoms with van der Waals surface area (Å²) >= 11 is 0. The van der Waals surface area contributed by atoms with Gasteiger partial charge in [0.05, 0.1) is 0 Å². The van der Waals surface area contributed by atoms with Gasteiger partial charge in [-0.3, -0.25) is 0 Å². The lowest BCUT2D eigenvalue weighted by molar-refractivity contribution is 0.144. The molecule has 0 aliphatic heterocycles. The summed E-state index contributed by atoms with van der Waals surface area (Å²) in [5, 5.41) is 0. The molecule has 5 heteroatoms. The third-order valence-corrected chi connectivity index (χ3v) is 4.32. The highest BCUT2D eigenvalue weighted by Crippen LogP contribution is 2.22. The molecule has 1 heterocycles. The molecule has 0 amide bonds. The highest BCUT2D eigenvalue weighted by atomic mass is 16.5. The second-order valence-corrected chi connectivity index (χ2v) is 6.61. The number of hydrogen-bond acceptors (Lipinski definition) is 5. The molecule has 0 aliphatic rings. The zero-order valence-corrected chi connectivity index (χ0v) is 17.6. The van der Waals surface area contributed by atoms with Gasteiger partial charge >= 0.3 is 0 Å². The van der Waals surface area contributed by atoms with E-state index in [1.807, 2.05) is 66.4 Å². The lowest BCUT2D eigenvalue weighted by atomic mass is 10.2. The monoisotopic (exact) mass is 395 g/mol. The molecule has 0 radical (unpaired) electrons. The molecule has 1 aromatic heterocycles. The zero-order valence-electron chi connectivity index (χ0n) is 17.6. The van der Waals surface area contributed by atoms with Crippen molar-refractivity contribution in [2.75, 3.05) is 24.7 Å². The van der Waals surface area contributed by atoms with Crippen molar-refractivity contribution in [3.63, 3.8) is 0 Å². The van der Waals surface area contributed by atoms with Gasteiger partial charge in [0.1, 0.15) is 24.0 Å². The van der Waals surface area contributed by atoms with Crippen LogP contribution in [0.3, 0.4) is 0 Å². The quantitative estimate of drug-likeness (QED) is 0.380. The summed E-state index contributed by atoms with van der Waals surface area (Å²) in [4.78, 5) is 6.56. The van der Waals surface area contributed by atoms with Crippen molar-refractivity contribution < 1.29 is 9.47 Å². The number of rotatable bonds is 13. The van der Waals surface area contributed by atoms with Crippen molar-refractivity contribution in [1.29, 1.82) is 0 Å². The Hall–Kier alpha value is -2.79. The normalized spacial score (nSPS) is 11.7. The third-order valence-electron chi connectivity index (χ3n) is 4.32. The molecule has 1 aromatic carbocycles. The number of allylic oxidation sites excluding steroid dienone is 3. The first kappa shape index (κ1) is 22.5. The summed E-state index contributed by atoms with van der Waals surface area (Å²) in [6, 6.07) is 13.9. The van der Waals surface area contributed by atoms with Gasteiger partial charge in [-0.15, -0.1) is 0 Å². The summed E-state index contributed by atoms with van der Waals surface area (Å²) in [6.45, 7) is 6.90. The van der Waals surface area contributed by atoms with Crippen LogP contribution in [0.4, 0.5) is 5.82 Å². The average molecular weight is 396 g/mol. The van der Waals surface area contributed by atoms with E-state index in [9.17, 15) is 0 Å². The van der Waals surface area contributed by atoms with Crippen molar-refractivity contribution >= 4 is 5.82 Å². The predicted molar refractivity (Wildman–Crippen MR) is 120 cm³/mol. The van der Waals surface area contributed by atoms with Gasteiger partial charge in [-0.1, -0.05) is 49.4 Å². The standard InChI is InChI=1S/C24H33N3O2/c1-3-5-7-14-23(25)27(17-10-11-18-28-4-2)24-19-22(15-16-26-24)29-20-21-12-8-6-9-13-21/h5-9,12-16,19H,3-4,10-11,17-18,20,25H2,1-2H3/b7-5-,23-14+. The molecular formula is C24H33N3O2. The molecule has 0 fully saturated rings. The Morgan fingerprint density at radius 1 is 1.14 bits per heavy atom. The lowest BCUT2D eigenvalue weighted by Crippen LogP contribution is -2.29. The first-order valence-electron chi connectivity index (χ1n) is 10.3. The largest absolute Gasteiger partial charge is 0.489 e. The second kappa shape index (κ2) is 13.4. The number of pyridine rings is 1.